The predicted molar refractivity (Wildman–Crippen MR) is 237 cm³/mol. The molecule has 0 radical (unpaired) electrons. The van der Waals surface area contributed by atoms with Crippen LogP contribution in [0.1, 0.15) is 25.0 Å². The van der Waals surface area contributed by atoms with E-state index in [1.54, 1.807) is 0 Å². The molecule has 6 nitrogen and oxygen atoms in total. The van der Waals surface area contributed by atoms with Gasteiger partial charge in [-0.3, -0.25) is 0 Å². The molecular formula is C53H34N4O2. The van der Waals surface area contributed by atoms with Crippen LogP contribution in [0.2, 0.25) is 0 Å². The zero-order valence-corrected chi connectivity index (χ0v) is 32.3. The average Bonchev–Trinajstić information content (AvgIpc) is 3.98. The zero-order chi connectivity index (χ0) is 39.2. The summed E-state index contributed by atoms with van der Waals surface area (Å²) in [5.41, 5.74) is 13.3. The van der Waals surface area contributed by atoms with E-state index in [1.807, 2.05) is 48.5 Å². The molecule has 0 bridgehead atoms. The first-order valence-corrected chi connectivity index (χ1v) is 19.9. The highest BCUT2D eigenvalue weighted by molar-refractivity contribution is 6.27. The van der Waals surface area contributed by atoms with Crippen molar-refractivity contribution in [1.82, 2.24) is 19.9 Å². The van der Waals surface area contributed by atoms with Crippen molar-refractivity contribution in [2.75, 3.05) is 0 Å². The molecule has 3 aromatic heterocycles. The molecule has 0 spiro atoms. The number of furan rings is 1. The van der Waals surface area contributed by atoms with Gasteiger partial charge < -0.3 is 8.83 Å². The van der Waals surface area contributed by atoms with Gasteiger partial charge in [-0.25, -0.2) is 19.9 Å². The van der Waals surface area contributed by atoms with E-state index < -0.39 is 0 Å². The van der Waals surface area contributed by atoms with E-state index >= 15 is 0 Å². The molecule has 0 N–H and O–H groups in total. The van der Waals surface area contributed by atoms with Crippen molar-refractivity contribution < 1.29 is 8.83 Å². The minimum absolute atomic E-state index is 0.279. The van der Waals surface area contributed by atoms with Crippen LogP contribution in [0, 0.1) is 0 Å². The summed E-state index contributed by atoms with van der Waals surface area (Å²) in [6.07, 6.45) is 0. The molecule has 59 heavy (non-hydrogen) atoms. The summed E-state index contributed by atoms with van der Waals surface area (Å²) in [7, 11) is 0. The Morgan fingerprint density at radius 3 is 1.90 bits per heavy atom. The molecule has 6 heteroatoms. The van der Waals surface area contributed by atoms with Gasteiger partial charge >= 0.3 is 0 Å². The maximum Gasteiger partial charge on any atom is 0.227 e. The van der Waals surface area contributed by atoms with E-state index in [0.717, 1.165) is 60.4 Å². The number of fused-ring (bicyclic) bond motifs is 10. The highest BCUT2D eigenvalue weighted by Crippen LogP contribution is 2.52. The van der Waals surface area contributed by atoms with E-state index in [-0.39, 0.29) is 5.41 Å². The lowest BCUT2D eigenvalue weighted by Gasteiger charge is -2.24. The lowest BCUT2D eigenvalue weighted by molar-refractivity contribution is 0.619. The lowest BCUT2D eigenvalue weighted by atomic mass is 9.80. The molecule has 278 valence electrons. The zero-order valence-electron chi connectivity index (χ0n) is 32.3. The van der Waals surface area contributed by atoms with Crippen molar-refractivity contribution in [3.63, 3.8) is 0 Å². The normalized spacial score (nSPS) is 13.1. The Balaban J connectivity index is 1.14. The molecule has 1 aliphatic carbocycles. The van der Waals surface area contributed by atoms with Crippen LogP contribution in [0.25, 0.3) is 112 Å². The van der Waals surface area contributed by atoms with Crippen LogP contribution in [0.4, 0.5) is 0 Å². The molecule has 8 aromatic carbocycles. The van der Waals surface area contributed by atoms with Crippen molar-refractivity contribution in [3.05, 3.63) is 181 Å². The largest absolute Gasteiger partial charge is 0.455 e. The number of benzene rings is 8. The highest BCUT2D eigenvalue weighted by Gasteiger charge is 2.38. The van der Waals surface area contributed by atoms with Gasteiger partial charge in [0, 0.05) is 27.5 Å². The van der Waals surface area contributed by atoms with Crippen LogP contribution >= 0.6 is 0 Å². The van der Waals surface area contributed by atoms with E-state index in [0.29, 0.717) is 40.1 Å². The van der Waals surface area contributed by atoms with E-state index in [2.05, 4.69) is 135 Å². The summed E-state index contributed by atoms with van der Waals surface area (Å²) in [4.78, 5) is 21.1. The van der Waals surface area contributed by atoms with Crippen molar-refractivity contribution in [2.24, 2.45) is 0 Å². The maximum atomic E-state index is 6.90. The van der Waals surface area contributed by atoms with E-state index in [1.165, 1.54) is 22.3 Å². The molecule has 0 fully saturated rings. The third-order valence-corrected chi connectivity index (χ3v) is 11.9. The second-order valence-electron chi connectivity index (χ2n) is 15.8. The minimum atomic E-state index is -0.279. The van der Waals surface area contributed by atoms with Gasteiger partial charge in [-0.1, -0.05) is 147 Å². The second kappa shape index (κ2) is 12.7. The molecule has 0 aliphatic heterocycles. The Kier molecular flexibility index (Phi) is 7.17. The summed E-state index contributed by atoms with van der Waals surface area (Å²) in [5, 5.41) is 3.92. The lowest BCUT2D eigenvalue weighted by Crippen LogP contribution is -2.17. The number of hydrogen-bond donors (Lipinski definition) is 0. The molecule has 3 heterocycles. The molecule has 0 unspecified atom stereocenters. The van der Waals surface area contributed by atoms with Crippen molar-refractivity contribution in [1.29, 1.82) is 0 Å². The van der Waals surface area contributed by atoms with Gasteiger partial charge in [0.2, 0.25) is 5.89 Å². The summed E-state index contributed by atoms with van der Waals surface area (Å²) in [5.74, 6) is 2.28. The number of hydrogen-bond acceptors (Lipinski definition) is 6. The Morgan fingerprint density at radius 1 is 0.424 bits per heavy atom. The third-order valence-electron chi connectivity index (χ3n) is 11.9. The SMILES string of the molecule is CC1(C)c2ccccc2-c2cccc(-c3nc(-c4cccc(-c5ccccc5)c4)nc(-c4cc5ccccc5c5c4oc4ccc6oc(-c7ccccc7)nc6c45)n3)c21. The van der Waals surface area contributed by atoms with Crippen LogP contribution in [0.15, 0.2) is 179 Å². The Hall–Kier alpha value is -7.70. The second-order valence-corrected chi connectivity index (χ2v) is 15.8. The van der Waals surface area contributed by atoms with Crippen LogP contribution in [0.3, 0.4) is 0 Å². The smallest absolute Gasteiger partial charge is 0.227 e. The van der Waals surface area contributed by atoms with Gasteiger partial charge in [0.25, 0.3) is 0 Å². The molecule has 0 saturated carbocycles. The topological polar surface area (TPSA) is 77.8 Å². The highest BCUT2D eigenvalue weighted by atomic mass is 16.4. The number of nitrogens with zero attached hydrogens (tertiary/aromatic N) is 4. The molecule has 0 saturated heterocycles. The fraction of sp³-hybridized carbons (Fsp3) is 0.0566. The van der Waals surface area contributed by atoms with Crippen LogP contribution in [-0.2, 0) is 5.41 Å². The van der Waals surface area contributed by atoms with Gasteiger partial charge in [0.15, 0.2) is 23.1 Å². The summed E-state index contributed by atoms with van der Waals surface area (Å²) < 4.78 is 13.3. The number of rotatable bonds is 5. The summed E-state index contributed by atoms with van der Waals surface area (Å²) >= 11 is 0. The number of oxazole rings is 1. The first-order chi connectivity index (χ1) is 29.0. The molecular weight excluding hydrogens is 725 g/mol. The molecule has 12 rings (SSSR count). The Labute approximate surface area is 339 Å². The summed E-state index contributed by atoms with van der Waals surface area (Å²) in [6, 6.07) is 58.5. The van der Waals surface area contributed by atoms with Gasteiger partial charge in [0.1, 0.15) is 16.7 Å². The van der Waals surface area contributed by atoms with Crippen molar-refractivity contribution in [3.8, 4) is 67.9 Å². The average molecular weight is 759 g/mol. The van der Waals surface area contributed by atoms with Crippen LogP contribution in [0.5, 0.6) is 0 Å². The fourth-order valence-corrected chi connectivity index (χ4v) is 9.21. The van der Waals surface area contributed by atoms with Crippen LogP contribution in [-0.4, -0.2) is 19.9 Å². The first kappa shape index (κ1) is 33.4. The Morgan fingerprint density at radius 2 is 1.05 bits per heavy atom. The van der Waals surface area contributed by atoms with Crippen molar-refractivity contribution in [2.45, 2.75) is 19.3 Å². The maximum absolute atomic E-state index is 6.90. The molecule has 0 atom stereocenters. The van der Waals surface area contributed by atoms with Gasteiger partial charge in [-0.15, -0.1) is 0 Å². The van der Waals surface area contributed by atoms with E-state index in [4.69, 9.17) is 28.8 Å². The fourth-order valence-electron chi connectivity index (χ4n) is 9.21. The van der Waals surface area contributed by atoms with Gasteiger partial charge in [-0.2, -0.15) is 0 Å². The monoisotopic (exact) mass is 758 g/mol. The van der Waals surface area contributed by atoms with Gasteiger partial charge in [-0.05, 0) is 80.6 Å². The van der Waals surface area contributed by atoms with Gasteiger partial charge in [0.05, 0.1) is 10.9 Å². The summed E-state index contributed by atoms with van der Waals surface area (Å²) in [6.45, 7) is 4.59. The quantitative estimate of drug-likeness (QED) is 0.174. The van der Waals surface area contributed by atoms with E-state index in [9.17, 15) is 0 Å². The molecule has 1 aliphatic rings. The third kappa shape index (κ3) is 5.13. The Bertz CT molecular complexity index is 3470. The van der Waals surface area contributed by atoms with Crippen LogP contribution < -0.4 is 0 Å². The first-order valence-electron chi connectivity index (χ1n) is 19.9. The predicted octanol–water partition coefficient (Wildman–Crippen LogP) is 13.7. The molecule has 11 aromatic rings. The minimum Gasteiger partial charge on any atom is -0.455 e. The number of aromatic nitrogens is 4. The van der Waals surface area contributed by atoms with Crippen molar-refractivity contribution >= 4 is 43.8 Å². The molecule has 0 amide bonds. The standard InChI is InChI=1S/C53H34N4O2/c1-53(2)41-26-12-11-23-37(41)38-24-14-25-39(46(38)53)50-55-49(35-21-13-20-33(29-35)31-15-5-3-6-16-31)56-51(57-50)40-30-34-19-9-10-22-36(34)44-45-42(58-48(40)44)27-28-43-47(45)54-52(59-43)32-17-7-4-8-18-32/h3-30H,1-2H3.